The Morgan fingerprint density at radius 1 is 1.25 bits per heavy atom. The Balaban J connectivity index is 1.81. The molecule has 2 aromatic heterocycles. The van der Waals surface area contributed by atoms with Gasteiger partial charge in [-0.05, 0) is 37.3 Å². The van der Waals surface area contributed by atoms with Crippen molar-refractivity contribution in [3.8, 4) is 11.3 Å². The lowest BCUT2D eigenvalue weighted by atomic mass is 10.1. The smallest absolute Gasteiger partial charge is 0.272 e. The molecule has 0 atom stereocenters. The van der Waals surface area contributed by atoms with Crippen LogP contribution in [0.5, 0.6) is 0 Å². The van der Waals surface area contributed by atoms with Gasteiger partial charge in [0.15, 0.2) is 5.69 Å². The number of aryl methyl sites for hydroxylation is 2. The van der Waals surface area contributed by atoms with Crippen LogP contribution in [-0.2, 0) is 13.6 Å². The molecular weight excluding hydrogens is 307 g/mol. The quantitative estimate of drug-likeness (QED) is 0.803. The van der Waals surface area contributed by atoms with E-state index in [4.69, 9.17) is 0 Å². The van der Waals surface area contributed by atoms with E-state index in [0.29, 0.717) is 17.8 Å². The number of nitrogens with zero attached hydrogens (tertiary/aromatic N) is 3. The van der Waals surface area contributed by atoms with E-state index in [1.54, 1.807) is 31.4 Å². The van der Waals surface area contributed by atoms with Gasteiger partial charge in [0.05, 0.1) is 17.9 Å². The number of rotatable bonds is 4. The summed E-state index contributed by atoms with van der Waals surface area (Å²) in [7, 11) is 1.69. The second-order valence-corrected chi connectivity index (χ2v) is 5.53. The minimum atomic E-state index is -0.343. The average Bonchev–Trinajstić information content (AvgIpc) is 2.97. The molecule has 0 saturated heterocycles. The fraction of sp³-hybridized carbons (Fsp3) is 0.167. The van der Waals surface area contributed by atoms with Crippen molar-refractivity contribution < 1.29 is 9.18 Å². The Hall–Kier alpha value is -3.02. The average molecular weight is 324 g/mol. The Bertz CT molecular complexity index is 874. The lowest BCUT2D eigenvalue weighted by Crippen LogP contribution is -2.23. The van der Waals surface area contributed by atoms with Crippen LogP contribution in [0.2, 0.25) is 0 Å². The number of nitrogens with one attached hydrogen (secondary N) is 1. The third kappa shape index (κ3) is 3.32. The number of aromatic nitrogens is 3. The topological polar surface area (TPSA) is 59.8 Å². The van der Waals surface area contributed by atoms with Crippen LogP contribution in [0.3, 0.4) is 0 Å². The maximum absolute atomic E-state index is 14.1. The molecule has 0 fully saturated rings. The molecule has 0 saturated carbocycles. The molecule has 2 heterocycles. The van der Waals surface area contributed by atoms with Crippen molar-refractivity contribution in [2.75, 3.05) is 0 Å². The summed E-state index contributed by atoms with van der Waals surface area (Å²) >= 11 is 0. The second kappa shape index (κ2) is 6.62. The van der Waals surface area contributed by atoms with Crippen LogP contribution in [-0.4, -0.2) is 20.7 Å². The predicted octanol–water partition coefficient (Wildman–Crippen LogP) is 2.86. The van der Waals surface area contributed by atoms with E-state index >= 15 is 0 Å². The van der Waals surface area contributed by atoms with E-state index in [1.165, 1.54) is 10.7 Å². The first-order chi connectivity index (χ1) is 11.5. The minimum Gasteiger partial charge on any atom is -0.345 e. The fourth-order valence-corrected chi connectivity index (χ4v) is 2.43. The molecule has 1 amide bonds. The molecule has 0 aliphatic carbocycles. The van der Waals surface area contributed by atoms with Crippen LogP contribution in [0.1, 0.15) is 21.7 Å². The van der Waals surface area contributed by atoms with Crippen LogP contribution in [0.4, 0.5) is 4.39 Å². The molecule has 24 heavy (non-hydrogen) atoms. The van der Waals surface area contributed by atoms with E-state index in [-0.39, 0.29) is 17.4 Å². The first kappa shape index (κ1) is 15.9. The van der Waals surface area contributed by atoms with Gasteiger partial charge in [0.2, 0.25) is 0 Å². The molecule has 0 unspecified atom stereocenters. The summed E-state index contributed by atoms with van der Waals surface area (Å²) in [5.41, 5.74) is 2.91. The number of hydrogen-bond acceptors (Lipinski definition) is 3. The van der Waals surface area contributed by atoms with Gasteiger partial charge in [-0.1, -0.05) is 17.7 Å². The van der Waals surface area contributed by atoms with E-state index < -0.39 is 0 Å². The number of carbonyl (C=O) groups is 1. The maximum Gasteiger partial charge on any atom is 0.272 e. The van der Waals surface area contributed by atoms with Crippen molar-refractivity contribution in [1.82, 2.24) is 20.1 Å². The number of halogens is 1. The van der Waals surface area contributed by atoms with E-state index in [2.05, 4.69) is 15.4 Å². The maximum atomic E-state index is 14.1. The van der Waals surface area contributed by atoms with Crippen molar-refractivity contribution in [2.45, 2.75) is 13.5 Å². The van der Waals surface area contributed by atoms with Crippen molar-refractivity contribution in [3.05, 3.63) is 71.4 Å². The van der Waals surface area contributed by atoms with Gasteiger partial charge in [0, 0.05) is 18.8 Å². The Morgan fingerprint density at radius 3 is 2.83 bits per heavy atom. The van der Waals surface area contributed by atoms with Gasteiger partial charge >= 0.3 is 0 Å². The molecule has 5 nitrogen and oxygen atoms in total. The molecule has 3 rings (SSSR count). The summed E-state index contributed by atoms with van der Waals surface area (Å²) in [4.78, 5) is 16.4. The monoisotopic (exact) mass is 324 g/mol. The third-order valence-electron chi connectivity index (χ3n) is 3.67. The number of carbonyl (C=O) groups excluding carboxylic acids is 1. The zero-order chi connectivity index (χ0) is 17.1. The van der Waals surface area contributed by atoms with E-state index in [1.807, 2.05) is 25.1 Å². The van der Waals surface area contributed by atoms with Crippen LogP contribution in [0, 0.1) is 12.7 Å². The molecule has 3 aromatic rings. The summed E-state index contributed by atoms with van der Waals surface area (Å²) in [6, 6.07) is 11.9. The number of pyridine rings is 1. The van der Waals surface area contributed by atoms with Gasteiger partial charge in [-0.3, -0.25) is 14.5 Å². The molecule has 0 spiro atoms. The lowest BCUT2D eigenvalue weighted by Gasteiger charge is -2.04. The van der Waals surface area contributed by atoms with Crippen LogP contribution in [0.15, 0.2) is 48.7 Å². The largest absolute Gasteiger partial charge is 0.345 e. The van der Waals surface area contributed by atoms with E-state index in [0.717, 1.165) is 11.3 Å². The molecule has 0 bridgehead atoms. The Morgan fingerprint density at radius 2 is 2.08 bits per heavy atom. The summed E-state index contributed by atoms with van der Waals surface area (Å²) in [5, 5.41) is 6.95. The second-order valence-electron chi connectivity index (χ2n) is 5.53. The highest BCUT2D eigenvalue weighted by Crippen LogP contribution is 2.24. The summed E-state index contributed by atoms with van der Waals surface area (Å²) in [6.07, 6.45) is 1.67. The highest BCUT2D eigenvalue weighted by molar-refractivity contribution is 5.93. The number of benzene rings is 1. The first-order valence-corrected chi connectivity index (χ1v) is 7.53. The van der Waals surface area contributed by atoms with Crippen molar-refractivity contribution >= 4 is 5.91 Å². The highest BCUT2D eigenvalue weighted by Gasteiger charge is 2.16. The lowest BCUT2D eigenvalue weighted by molar-refractivity contribution is 0.0944. The molecule has 0 radical (unpaired) electrons. The Labute approximate surface area is 139 Å². The van der Waals surface area contributed by atoms with Gasteiger partial charge in [-0.15, -0.1) is 0 Å². The fourth-order valence-electron chi connectivity index (χ4n) is 2.43. The minimum absolute atomic E-state index is 0.240. The van der Waals surface area contributed by atoms with Crippen LogP contribution >= 0.6 is 0 Å². The summed E-state index contributed by atoms with van der Waals surface area (Å²) in [5.74, 6) is -0.667. The van der Waals surface area contributed by atoms with Crippen molar-refractivity contribution in [1.29, 1.82) is 0 Å². The normalized spacial score (nSPS) is 10.6. The number of amides is 1. The van der Waals surface area contributed by atoms with Gasteiger partial charge in [-0.25, -0.2) is 4.39 Å². The van der Waals surface area contributed by atoms with Crippen LogP contribution in [0.25, 0.3) is 11.3 Å². The van der Waals surface area contributed by atoms with Gasteiger partial charge in [-0.2, -0.15) is 5.10 Å². The molecule has 0 aliphatic heterocycles. The molecule has 1 aromatic carbocycles. The van der Waals surface area contributed by atoms with Crippen molar-refractivity contribution in [3.63, 3.8) is 0 Å². The summed E-state index contributed by atoms with van der Waals surface area (Å²) in [6.45, 7) is 2.20. The van der Waals surface area contributed by atoms with E-state index in [9.17, 15) is 9.18 Å². The van der Waals surface area contributed by atoms with Gasteiger partial charge in [0.25, 0.3) is 5.91 Å². The standard InChI is InChI=1S/C18H17FN4O/c1-12-6-7-15(19)14(9-12)17-10-16(22-23(17)2)18(24)21-11-13-5-3-4-8-20-13/h3-10H,11H2,1-2H3,(H,21,24). The number of hydrogen-bond donors (Lipinski definition) is 1. The molecule has 1 N–H and O–H groups in total. The Kier molecular flexibility index (Phi) is 4.37. The zero-order valence-electron chi connectivity index (χ0n) is 13.5. The zero-order valence-corrected chi connectivity index (χ0v) is 13.5. The molecule has 0 aliphatic rings. The van der Waals surface area contributed by atoms with Crippen molar-refractivity contribution in [2.24, 2.45) is 7.05 Å². The molecule has 122 valence electrons. The molecular formula is C18H17FN4O. The highest BCUT2D eigenvalue weighted by atomic mass is 19.1. The van der Waals surface area contributed by atoms with Crippen LogP contribution < -0.4 is 5.32 Å². The third-order valence-corrected chi connectivity index (χ3v) is 3.67. The first-order valence-electron chi connectivity index (χ1n) is 7.53. The predicted molar refractivity (Wildman–Crippen MR) is 88.7 cm³/mol. The summed E-state index contributed by atoms with van der Waals surface area (Å²) < 4.78 is 15.6. The van der Waals surface area contributed by atoms with Gasteiger partial charge < -0.3 is 5.32 Å². The molecule has 6 heteroatoms. The van der Waals surface area contributed by atoms with Gasteiger partial charge in [0.1, 0.15) is 5.82 Å². The SMILES string of the molecule is Cc1ccc(F)c(-c2cc(C(=O)NCc3ccccn3)nn2C)c1.